The molecule has 4 heterocycles. The highest BCUT2D eigenvalue weighted by molar-refractivity contribution is 5.91. The number of amides is 1. The number of nitrogens with zero attached hydrogens (tertiary/aromatic N) is 1. The Balaban J connectivity index is 1.86. The minimum atomic E-state index is -0.980. The van der Waals surface area contributed by atoms with Crippen molar-refractivity contribution in [2.75, 3.05) is 13.2 Å². The minimum absolute atomic E-state index is 0.148. The molecule has 3 fully saturated rings. The molecular formula is C13H15NO5. The van der Waals surface area contributed by atoms with Gasteiger partial charge in [-0.25, -0.2) is 0 Å². The number of rotatable bonds is 1. The number of carboxylic acid groups (broad SMARTS) is 1. The molecule has 5 atom stereocenters. The average Bonchev–Trinajstić information content (AvgIpc) is 2.94. The fourth-order valence-electron chi connectivity index (χ4n) is 4.10. The van der Waals surface area contributed by atoms with Gasteiger partial charge in [-0.2, -0.15) is 0 Å². The predicted octanol–water partition coefficient (Wildman–Crippen LogP) is -0.0105. The molecule has 4 aliphatic heterocycles. The third-order valence-corrected chi connectivity index (χ3v) is 4.81. The van der Waals surface area contributed by atoms with Crippen LogP contribution in [0.5, 0.6) is 0 Å². The third kappa shape index (κ3) is 1.10. The number of hydrogen-bond acceptors (Lipinski definition) is 4. The monoisotopic (exact) mass is 265 g/mol. The smallest absolute Gasteiger partial charge is 0.310 e. The van der Waals surface area contributed by atoms with Crippen LogP contribution in [0.1, 0.15) is 13.3 Å². The normalized spacial score (nSPS) is 50.5. The molecule has 19 heavy (non-hydrogen) atoms. The summed E-state index contributed by atoms with van der Waals surface area (Å²) in [6.45, 7) is 2.92. The predicted molar refractivity (Wildman–Crippen MR) is 62.0 cm³/mol. The van der Waals surface area contributed by atoms with Gasteiger partial charge in [-0.3, -0.25) is 9.59 Å². The van der Waals surface area contributed by atoms with E-state index in [1.165, 1.54) is 0 Å². The topological polar surface area (TPSA) is 76.1 Å². The summed E-state index contributed by atoms with van der Waals surface area (Å²) in [7, 11) is 0. The Hall–Kier alpha value is -1.40. The zero-order chi connectivity index (χ0) is 13.4. The van der Waals surface area contributed by atoms with Crippen molar-refractivity contribution in [1.29, 1.82) is 0 Å². The van der Waals surface area contributed by atoms with Crippen LogP contribution < -0.4 is 0 Å². The highest BCUT2D eigenvalue weighted by Gasteiger charge is 2.75. The number of ether oxygens (including phenoxy) is 2. The molecule has 1 amide bonds. The maximum atomic E-state index is 12.5. The van der Waals surface area contributed by atoms with E-state index in [-0.39, 0.29) is 5.91 Å². The Labute approximate surface area is 110 Å². The van der Waals surface area contributed by atoms with E-state index in [1.807, 2.05) is 6.08 Å². The Bertz CT molecular complexity index is 517. The Morgan fingerprint density at radius 1 is 1.53 bits per heavy atom. The molecule has 102 valence electrons. The number of carboxylic acids is 1. The molecule has 6 heteroatoms. The number of carbonyl (C=O) groups is 2. The van der Waals surface area contributed by atoms with Gasteiger partial charge in [0.15, 0.2) is 6.23 Å². The summed E-state index contributed by atoms with van der Waals surface area (Å²) in [5, 5.41) is 9.47. The Kier molecular flexibility index (Phi) is 1.92. The molecule has 0 aliphatic carbocycles. The zero-order valence-electron chi connectivity index (χ0n) is 10.5. The third-order valence-electron chi connectivity index (χ3n) is 4.81. The fraction of sp³-hybridized carbons (Fsp3) is 0.692. The highest BCUT2D eigenvalue weighted by atomic mass is 16.6. The van der Waals surface area contributed by atoms with Crippen molar-refractivity contribution in [3.63, 3.8) is 0 Å². The molecule has 4 aliphatic rings. The summed E-state index contributed by atoms with van der Waals surface area (Å²) in [6, 6.07) is 0. The summed E-state index contributed by atoms with van der Waals surface area (Å²) in [6.07, 6.45) is 3.92. The number of aliphatic carboxylic acids is 1. The fourth-order valence-corrected chi connectivity index (χ4v) is 4.10. The summed E-state index contributed by atoms with van der Waals surface area (Å²) >= 11 is 0. The SMILES string of the molecule is C[C@@]12C=C[C@]3(O1)[C@@H]1OCCCN1C(=O)[C@H]3[C@H]2C(=O)O. The van der Waals surface area contributed by atoms with E-state index in [9.17, 15) is 14.7 Å². The first kappa shape index (κ1) is 11.4. The number of carbonyl (C=O) groups excluding carboxylic acids is 1. The largest absolute Gasteiger partial charge is 0.481 e. The summed E-state index contributed by atoms with van der Waals surface area (Å²) in [5.41, 5.74) is -1.81. The molecule has 1 spiro atoms. The summed E-state index contributed by atoms with van der Waals surface area (Å²) < 4.78 is 11.7. The molecule has 0 unspecified atom stereocenters. The molecule has 2 bridgehead atoms. The van der Waals surface area contributed by atoms with Crippen LogP contribution >= 0.6 is 0 Å². The van der Waals surface area contributed by atoms with Crippen LogP contribution in [0, 0.1) is 11.8 Å². The molecule has 4 rings (SSSR count). The van der Waals surface area contributed by atoms with Gasteiger partial charge in [0, 0.05) is 6.54 Å². The lowest BCUT2D eigenvalue weighted by atomic mass is 9.72. The lowest BCUT2D eigenvalue weighted by Crippen LogP contribution is -2.50. The van der Waals surface area contributed by atoms with Gasteiger partial charge in [0.2, 0.25) is 5.91 Å². The maximum Gasteiger partial charge on any atom is 0.310 e. The van der Waals surface area contributed by atoms with Crippen LogP contribution in [0.2, 0.25) is 0 Å². The second-order valence-electron chi connectivity index (χ2n) is 5.87. The van der Waals surface area contributed by atoms with Crippen molar-refractivity contribution >= 4 is 11.9 Å². The van der Waals surface area contributed by atoms with Gasteiger partial charge in [0.1, 0.15) is 11.5 Å². The van der Waals surface area contributed by atoms with Gasteiger partial charge in [0.25, 0.3) is 0 Å². The van der Waals surface area contributed by atoms with Crippen molar-refractivity contribution in [3.05, 3.63) is 12.2 Å². The molecule has 0 aromatic carbocycles. The number of hydrogen-bond donors (Lipinski definition) is 1. The Morgan fingerprint density at radius 2 is 2.32 bits per heavy atom. The first-order valence-electron chi connectivity index (χ1n) is 6.55. The molecule has 3 saturated heterocycles. The molecular weight excluding hydrogens is 250 g/mol. The van der Waals surface area contributed by atoms with Crippen LogP contribution in [-0.2, 0) is 19.1 Å². The van der Waals surface area contributed by atoms with E-state index >= 15 is 0 Å². The summed E-state index contributed by atoms with van der Waals surface area (Å²) in [5.74, 6) is -2.63. The van der Waals surface area contributed by atoms with E-state index in [2.05, 4.69) is 0 Å². The van der Waals surface area contributed by atoms with Crippen LogP contribution in [0.4, 0.5) is 0 Å². The van der Waals surface area contributed by atoms with Crippen LogP contribution in [0.3, 0.4) is 0 Å². The van der Waals surface area contributed by atoms with Crippen LogP contribution in [-0.4, -0.2) is 52.5 Å². The van der Waals surface area contributed by atoms with Crippen molar-refractivity contribution in [1.82, 2.24) is 4.90 Å². The van der Waals surface area contributed by atoms with Crippen LogP contribution in [0.25, 0.3) is 0 Å². The van der Waals surface area contributed by atoms with Gasteiger partial charge >= 0.3 is 5.97 Å². The lowest BCUT2D eigenvalue weighted by Gasteiger charge is -2.36. The van der Waals surface area contributed by atoms with Crippen molar-refractivity contribution in [2.24, 2.45) is 11.8 Å². The van der Waals surface area contributed by atoms with Crippen molar-refractivity contribution < 1.29 is 24.2 Å². The maximum absolute atomic E-state index is 12.5. The number of fused-ring (bicyclic) bond motifs is 2. The van der Waals surface area contributed by atoms with Gasteiger partial charge in [0.05, 0.1) is 18.1 Å². The molecule has 0 aromatic heterocycles. The van der Waals surface area contributed by atoms with E-state index in [4.69, 9.17) is 9.47 Å². The van der Waals surface area contributed by atoms with Crippen molar-refractivity contribution in [2.45, 2.75) is 30.8 Å². The second kappa shape index (κ2) is 3.19. The standard InChI is InChI=1S/C13H15NO5/c1-12-3-4-13(19-12)7(8(12)10(16)17)9(15)14-5-2-6-18-11(13)14/h3-4,7-8,11H,2,5-6H2,1H3,(H,16,17)/t7-,8+,11+,12+,13-/m1/s1. The van der Waals surface area contributed by atoms with Gasteiger partial charge in [-0.15, -0.1) is 0 Å². The van der Waals surface area contributed by atoms with Gasteiger partial charge in [-0.1, -0.05) is 6.08 Å². The highest BCUT2D eigenvalue weighted by Crippen LogP contribution is 2.60. The summed E-state index contributed by atoms with van der Waals surface area (Å²) in [4.78, 5) is 25.7. The molecule has 0 radical (unpaired) electrons. The first-order chi connectivity index (χ1) is 9.00. The van der Waals surface area contributed by atoms with E-state index < -0.39 is 35.2 Å². The molecule has 0 aromatic rings. The Morgan fingerprint density at radius 3 is 3.05 bits per heavy atom. The van der Waals surface area contributed by atoms with E-state index in [1.54, 1.807) is 17.9 Å². The van der Waals surface area contributed by atoms with Crippen molar-refractivity contribution in [3.8, 4) is 0 Å². The van der Waals surface area contributed by atoms with Gasteiger partial charge in [-0.05, 0) is 19.4 Å². The zero-order valence-corrected chi connectivity index (χ0v) is 10.5. The second-order valence-corrected chi connectivity index (χ2v) is 5.87. The molecule has 1 N–H and O–H groups in total. The first-order valence-corrected chi connectivity index (χ1v) is 6.55. The van der Waals surface area contributed by atoms with Gasteiger partial charge < -0.3 is 19.5 Å². The molecule has 0 saturated carbocycles. The lowest BCUT2D eigenvalue weighted by molar-refractivity contribution is -0.179. The quantitative estimate of drug-likeness (QED) is 0.675. The van der Waals surface area contributed by atoms with E-state index in [0.717, 1.165) is 6.42 Å². The van der Waals surface area contributed by atoms with Crippen LogP contribution in [0.15, 0.2) is 12.2 Å². The minimum Gasteiger partial charge on any atom is -0.481 e. The average molecular weight is 265 g/mol. The molecule has 6 nitrogen and oxygen atoms in total. The van der Waals surface area contributed by atoms with E-state index in [0.29, 0.717) is 13.2 Å².